The summed E-state index contributed by atoms with van der Waals surface area (Å²) in [6.07, 6.45) is 0.828. The Balaban J connectivity index is 1.85. The molecule has 0 fully saturated rings. The van der Waals surface area contributed by atoms with Gasteiger partial charge in [0.05, 0.1) is 13.2 Å². The van der Waals surface area contributed by atoms with Crippen molar-refractivity contribution < 1.29 is 9.84 Å². The zero-order chi connectivity index (χ0) is 14.9. The summed E-state index contributed by atoms with van der Waals surface area (Å²) >= 11 is 0. The van der Waals surface area contributed by atoms with Crippen molar-refractivity contribution in [3.63, 3.8) is 0 Å². The molecule has 0 radical (unpaired) electrons. The molecular formula is C18H23NO2. The maximum atomic E-state index is 9.50. The first-order chi connectivity index (χ1) is 10.3. The fraction of sp³-hybridized carbons (Fsp3) is 0.333. The summed E-state index contributed by atoms with van der Waals surface area (Å²) in [5, 5.41) is 12.9. The smallest absolute Gasteiger partial charge is 0.119 e. The molecule has 1 atom stereocenters. The van der Waals surface area contributed by atoms with Gasteiger partial charge in [-0.25, -0.2) is 0 Å². The second-order valence-corrected chi connectivity index (χ2v) is 5.03. The largest absolute Gasteiger partial charge is 0.494 e. The molecule has 0 aliphatic rings. The molecule has 2 N–H and O–H groups in total. The van der Waals surface area contributed by atoms with Gasteiger partial charge in [0.2, 0.25) is 0 Å². The van der Waals surface area contributed by atoms with E-state index in [1.807, 2.05) is 37.3 Å². The Morgan fingerprint density at radius 1 is 1.00 bits per heavy atom. The van der Waals surface area contributed by atoms with Gasteiger partial charge in [0.1, 0.15) is 5.75 Å². The Morgan fingerprint density at radius 3 is 2.33 bits per heavy atom. The van der Waals surface area contributed by atoms with E-state index in [9.17, 15) is 5.11 Å². The van der Waals surface area contributed by atoms with Crippen molar-refractivity contribution in [2.75, 3.05) is 13.2 Å². The molecule has 0 unspecified atom stereocenters. The maximum Gasteiger partial charge on any atom is 0.119 e. The number of rotatable bonds is 8. The van der Waals surface area contributed by atoms with Crippen LogP contribution in [0.4, 0.5) is 0 Å². The topological polar surface area (TPSA) is 41.5 Å². The van der Waals surface area contributed by atoms with Crippen LogP contribution in [0.25, 0.3) is 0 Å². The Morgan fingerprint density at radius 2 is 1.71 bits per heavy atom. The number of nitrogens with one attached hydrogen (secondary N) is 1. The van der Waals surface area contributed by atoms with Crippen molar-refractivity contribution in [2.45, 2.75) is 25.9 Å². The van der Waals surface area contributed by atoms with Crippen molar-refractivity contribution in [3.8, 4) is 5.75 Å². The quantitative estimate of drug-likeness (QED) is 0.783. The summed E-state index contributed by atoms with van der Waals surface area (Å²) in [5.74, 6) is 0.893. The molecule has 0 heterocycles. The predicted molar refractivity (Wildman–Crippen MR) is 85.5 cm³/mol. The highest BCUT2D eigenvalue weighted by Gasteiger charge is 2.07. The monoisotopic (exact) mass is 285 g/mol. The molecule has 3 nitrogen and oxygen atoms in total. The zero-order valence-electron chi connectivity index (χ0n) is 12.5. The van der Waals surface area contributed by atoms with Crippen LogP contribution in [0.15, 0.2) is 54.6 Å². The average Bonchev–Trinajstić information content (AvgIpc) is 2.54. The number of aliphatic hydroxyl groups excluding tert-OH is 1. The van der Waals surface area contributed by atoms with Crippen LogP contribution in [0.5, 0.6) is 5.75 Å². The van der Waals surface area contributed by atoms with Gasteiger partial charge in [0.25, 0.3) is 0 Å². The van der Waals surface area contributed by atoms with Gasteiger partial charge in [0.15, 0.2) is 0 Å². The Bertz CT molecular complexity index is 511. The summed E-state index contributed by atoms with van der Waals surface area (Å²) in [6.45, 7) is 3.53. The first-order valence-corrected chi connectivity index (χ1v) is 7.41. The van der Waals surface area contributed by atoms with E-state index in [1.54, 1.807) is 0 Å². The highest BCUT2D eigenvalue weighted by Crippen LogP contribution is 2.12. The molecular weight excluding hydrogens is 262 g/mol. The van der Waals surface area contributed by atoms with Gasteiger partial charge in [0, 0.05) is 12.6 Å². The van der Waals surface area contributed by atoms with Crippen LogP contribution in [0.1, 0.15) is 18.1 Å². The minimum absolute atomic E-state index is 0.0685. The lowest BCUT2D eigenvalue weighted by molar-refractivity contribution is 0.241. The Hall–Kier alpha value is -1.84. The fourth-order valence-electron chi connectivity index (χ4n) is 2.23. The van der Waals surface area contributed by atoms with Crippen LogP contribution in [-0.4, -0.2) is 24.4 Å². The molecule has 3 heteroatoms. The molecule has 2 aromatic rings. The van der Waals surface area contributed by atoms with E-state index in [4.69, 9.17) is 4.74 Å². The molecule has 21 heavy (non-hydrogen) atoms. The molecule has 2 rings (SSSR count). The third kappa shape index (κ3) is 5.21. The number of hydrogen-bond acceptors (Lipinski definition) is 3. The van der Waals surface area contributed by atoms with E-state index in [2.05, 4.69) is 29.6 Å². The maximum absolute atomic E-state index is 9.50. The Labute approximate surface area is 126 Å². The van der Waals surface area contributed by atoms with E-state index in [1.165, 1.54) is 11.1 Å². The number of benzene rings is 2. The SMILES string of the molecule is CCOc1ccc(CN[C@H](CO)Cc2ccccc2)cc1. The highest BCUT2D eigenvalue weighted by molar-refractivity contribution is 5.27. The van der Waals surface area contributed by atoms with Gasteiger partial charge >= 0.3 is 0 Å². The number of hydrogen-bond donors (Lipinski definition) is 2. The van der Waals surface area contributed by atoms with Gasteiger partial charge in [-0.2, -0.15) is 0 Å². The zero-order valence-corrected chi connectivity index (χ0v) is 12.5. The van der Waals surface area contributed by atoms with E-state index in [0.717, 1.165) is 18.7 Å². The van der Waals surface area contributed by atoms with E-state index >= 15 is 0 Å². The normalized spacial score (nSPS) is 12.1. The second-order valence-electron chi connectivity index (χ2n) is 5.03. The van der Waals surface area contributed by atoms with Gasteiger partial charge in [-0.1, -0.05) is 42.5 Å². The molecule has 0 saturated heterocycles. The Kier molecular flexibility index (Phi) is 6.25. The molecule has 0 aliphatic heterocycles. The van der Waals surface area contributed by atoms with Gasteiger partial charge in [-0.15, -0.1) is 0 Å². The minimum atomic E-state index is 0.0685. The van der Waals surface area contributed by atoms with Crippen LogP contribution in [0.2, 0.25) is 0 Å². The first-order valence-electron chi connectivity index (χ1n) is 7.41. The molecule has 0 spiro atoms. The summed E-state index contributed by atoms with van der Waals surface area (Å²) in [7, 11) is 0. The third-order valence-corrected chi connectivity index (χ3v) is 3.37. The van der Waals surface area contributed by atoms with Crippen molar-refractivity contribution in [3.05, 3.63) is 65.7 Å². The summed E-state index contributed by atoms with van der Waals surface area (Å²) < 4.78 is 5.43. The summed E-state index contributed by atoms with van der Waals surface area (Å²) in [4.78, 5) is 0. The first kappa shape index (κ1) is 15.5. The van der Waals surface area contributed by atoms with Crippen LogP contribution in [0, 0.1) is 0 Å². The lowest BCUT2D eigenvalue weighted by Crippen LogP contribution is -2.34. The van der Waals surface area contributed by atoms with Crippen molar-refractivity contribution >= 4 is 0 Å². The number of aliphatic hydroxyl groups is 1. The second kappa shape index (κ2) is 8.45. The molecule has 112 valence electrons. The lowest BCUT2D eigenvalue weighted by atomic mass is 10.1. The van der Waals surface area contributed by atoms with Crippen molar-refractivity contribution in [1.29, 1.82) is 0 Å². The third-order valence-electron chi connectivity index (χ3n) is 3.37. The minimum Gasteiger partial charge on any atom is -0.494 e. The van der Waals surface area contributed by atoms with Crippen LogP contribution in [-0.2, 0) is 13.0 Å². The molecule has 0 aliphatic carbocycles. The predicted octanol–water partition coefficient (Wildman–Crippen LogP) is 2.78. The van der Waals surface area contributed by atoms with E-state index in [-0.39, 0.29) is 12.6 Å². The van der Waals surface area contributed by atoms with E-state index in [0.29, 0.717) is 6.61 Å². The summed E-state index contributed by atoms with van der Waals surface area (Å²) in [6, 6.07) is 18.3. The molecule has 0 bridgehead atoms. The van der Waals surface area contributed by atoms with Gasteiger partial charge in [-0.3, -0.25) is 0 Å². The molecule has 0 aromatic heterocycles. The molecule has 2 aromatic carbocycles. The molecule has 0 amide bonds. The van der Waals surface area contributed by atoms with Crippen LogP contribution in [0.3, 0.4) is 0 Å². The van der Waals surface area contributed by atoms with E-state index < -0.39 is 0 Å². The van der Waals surface area contributed by atoms with Crippen LogP contribution >= 0.6 is 0 Å². The lowest BCUT2D eigenvalue weighted by Gasteiger charge is -2.16. The molecule has 0 saturated carbocycles. The summed E-state index contributed by atoms with van der Waals surface area (Å²) in [5.41, 5.74) is 2.42. The standard InChI is InChI=1S/C18H23NO2/c1-2-21-18-10-8-16(9-11-18)13-19-17(14-20)12-15-6-4-3-5-7-15/h3-11,17,19-20H,2,12-14H2,1H3/t17-/m0/s1. The van der Waals surface area contributed by atoms with Crippen molar-refractivity contribution in [2.24, 2.45) is 0 Å². The van der Waals surface area contributed by atoms with Crippen molar-refractivity contribution in [1.82, 2.24) is 5.32 Å². The highest BCUT2D eigenvalue weighted by atomic mass is 16.5. The fourth-order valence-corrected chi connectivity index (χ4v) is 2.23. The number of ether oxygens (including phenoxy) is 1. The van der Waals surface area contributed by atoms with Crippen LogP contribution < -0.4 is 10.1 Å². The van der Waals surface area contributed by atoms with Gasteiger partial charge in [-0.05, 0) is 36.6 Å². The average molecular weight is 285 g/mol. The van der Waals surface area contributed by atoms with Gasteiger partial charge < -0.3 is 15.2 Å².